The van der Waals surface area contributed by atoms with Gasteiger partial charge in [0.2, 0.25) is 5.91 Å². The van der Waals surface area contributed by atoms with Crippen LogP contribution in [-0.4, -0.2) is 29.5 Å². The summed E-state index contributed by atoms with van der Waals surface area (Å²) in [5.74, 6) is -0.249. The molecule has 0 saturated heterocycles. The molecule has 6 heteroatoms. The second-order valence-corrected chi connectivity index (χ2v) is 3.41. The first-order valence-corrected chi connectivity index (χ1v) is 4.46. The van der Waals surface area contributed by atoms with Crippen LogP contribution in [0.3, 0.4) is 0 Å². The Balaban J connectivity index is 3.77. The molecule has 14 heavy (non-hydrogen) atoms. The van der Waals surface area contributed by atoms with Gasteiger partial charge in [-0.15, -0.1) is 0 Å². The second kappa shape index (κ2) is 6.20. The highest BCUT2D eigenvalue weighted by atomic mass is 16.4. The maximum Gasteiger partial charge on any atom is 0.218 e. The number of rotatable bonds is 6. The van der Waals surface area contributed by atoms with Crippen LogP contribution in [0.4, 0.5) is 0 Å². The van der Waals surface area contributed by atoms with E-state index in [1.54, 1.807) is 0 Å². The Kier molecular flexibility index (Phi) is 5.62. The van der Waals surface area contributed by atoms with E-state index in [0.29, 0.717) is 6.54 Å². The average Bonchev–Trinajstić information content (AvgIpc) is 2.11. The van der Waals surface area contributed by atoms with E-state index < -0.39 is 0 Å². The van der Waals surface area contributed by atoms with Gasteiger partial charge in [-0.05, 0) is 6.92 Å². The summed E-state index contributed by atoms with van der Waals surface area (Å²) < 4.78 is 0. The van der Waals surface area contributed by atoms with Crippen molar-refractivity contribution in [2.45, 2.75) is 26.3 Å². The topological polar surface area (TPSA) is 114 Å². The summed E-state index contributed by atoms with van der Waals surface area (Å²) >= 11 is 0. The van der Waals surface area contributed by atoms with Crippen LogP contribution < -0.4 is 16.8 Å². The number of carbonyl (C=O) groups excluding carboxylic acids is 1. The quantitative estimate of drug-likeness (QED) is 0.196. The second-order valence-electron chi connectivity index (χ2n) is 3.41. The molecule has 0 aliphatic rings. The van der Waals surface area contributed by atoms with Crippen LogP contribution >= 0.6 is 0 Å². The fourth-order valence-corrected chi connectivity index (χ4v) is 0.955. The van der Waals surface area contributed by atoms with Gasteiger partial charge < -0.3 is 22.0 Å². The van der Waals surface area contributed by atoms with Gasteiger partial charge in [0.05, 0.1) is 0 Å². The molecule has 1 amide bonds. The SMILES string of the molecule is CC(CC(N)=O)NCC(C)C(N)=NO. The molecule has 0 rings (SSSR count). The van der Waals surface area contributed by atoms with Gasteiger partial charge >= 0.3 is 0 Å². The van der Waals surface area contributed by atoms with E-state index in [1.165, 1.54) is 0 Å². The maximum atomic E-state index is 10.5. The van der Waals surface area contributed by atoms with Gasteiger partial charge in [0.25, 0.3) is 0 Å². The van der Waals surface area contributed by atoms with Crippen molar-refractivity contribution < 1.29 is 10.0 Å². The van der Waals surface area contributed by atoms with E-state index in [2.05, 4.69) is 10.5 Å². The molecule has 0 aromatic heterocycles. The lowest BCUT2D eigenvalue weighted by Gasteiger charge is -2.15. The molecule has 6 N–H and O–H groups in total. The molecule has 0 saturated carbocycles. The number of nitrogens with two attached hydrogens (primary N) is 2. The minimum atomic E-state index is -0.346. The first kappa shape index (κ1) is 12.7. The molecule has 2 unspecified atom stereocenters. The first-order valence-electron chi connectivity index (χ1n) is 4.46. The molecular formula is C8H18N4O2. The van der Waals surface area contributed by atoms with Crippen LogP contribution in [0.15, 0.2) is 5.16 Å². The van der Waals surface area contributed by atoms with E-state index in [-0.39, 0.29) is 30.1 Å². The lowest BCUT2D eigenvalue weighted by Crippen LogP contribution is -2.37. The summed E-state index contributed by atoms with van der Waals surface area (Å²) in [6, 6.07) is 0.00134. The third-order valence-corrected chi connectivity index (χ3v) is 1.90. The minimum Gasteiger partial charge on any atom is -0.409 e. The number of hydrogen-bond acceptors (Lipinski definition) is 4. The molecule has 0 spiro atoms. The maximum absolute atomic E-state index is 10.5. The monoisotopic (exact) mass is 202 g/mol. The smallest absolute Gasteiger partial charge is 0.218 e. The first-order chi connectivity index (χ1) is 6.47. The summed E-state index contributed by atoms with van der Waals surface area (Å²) in [6.45, 7) is 4.22. The van der Waals surface area contributed by atoms with Gasteiger partial charge in [-0.3, -0.25) is 4.79 Å². The highest BCUT2D eigenvalue weighted by molar-refractivity contribution is 5.82. The zero-order valence-corrected chi connectivity index (χ0v) is 8.53. The Bertz CT molecular complexity index is 217. The molecule has 0 aliphatic heterocycles. The Morgan fingerprint density at radius 2 is 2.07 bits per heavy atom. The Hall–Kier alpha value is -1.30. The predicted octanol–water partition coefficient (Wildman–Crippen LogP) is -0.778. The van der Waals surface area contributed by atoms with Crippen LogP contribution in [0.25, 0.3) is 0 Å². The van der Waals surface area contributed by atoms with Crippen molar-refractivity contribution in [1.29, 1.82) is 0 Å². The molecule has 0 aliphatic carbocycles. The van der Waals surface area contributed by atoms with Gasteiger partial charge in [0, 0.05) is 24.9 Å². The molecule has 0 heterocycles. The van der Waals surface area contributed by atoms with Gasteiger partial charge in [-0.25, -0.2) is 0 Å². The van der Waals surface area contributed by atoms with Gasteiger partial charge in [-0.2, -0.15) is 0 Å². The van der Waals surface area contributed by atoms with Crippen molar-refractivity contribution in [3.05, 3.63) is 0 Å². The summed E-state index contributed by atoms with van der Waals surface area (Å²) in [5.41, 5.74) is 10.4. The van der Waals surface area contributed by atoms with Crippen LogP contribution in [0.5, 0.6) is 0 Å². The standard InChI is InChI=1S/C8H18N4O2/c1-5(8(10)12-14)4-11-6(2)3-7(9)13/h5-6,11,14H,3-4H2,1-2H3,(H2,9,13)(H2,10,12). The molecule has 0 bridgehead atoms. The minimum absolute atomic E-state index is 0.00134. The fourth-order valence-electron chi connectivity index (χ4n) is 0.955. The lowest BCUT2D eigenvalue weighted by atomic mass is 10.1. The summed E-state index contributed by atoms with van der Waals surface area (Å²) in [4.78, 5) is 10.5. The Labute approximate surface area is 83.3 Å². The van der Waals surface area contributed by atoms with E-state index >= 15 is 0 Å². The number of primary amides is 1. The number of carbonyl (C=O) groups is 1. The van der Waals surface area contributed by atoms with E-state index in [1.807, 2.05) is 13.8 Å². The van der Waals surface area contributed by atoms with Gasteiger partial charge in [0.15, 0.2) is 0 Å². The Morgan fingerprint density at radius 1 is 1.50 bits per heavy atom. The molecule has 2 atom stereocenters. The molecule has 0 aromatic rings. The molecule has 82 valence electrons. The van der Waals surface area contributed by atoms with Crippen LogP contribution in [-0.2, 0) is 4.79 Å². The molecule has 6 nitrogen and oxygen atoms in total. The van der Waals surface area contributed by atoms with Gasteiger partial charge in [-0.1, -0.05) is 12.1 Å². The number of hydrogen-bond donors (Lipinski definition) is 4. The fraction of sp³-hybridized carbons (Fsp3) is 0.750. The van der Waals surface area contributed by atoms with E-state index in [0.717, 1.165) is 0 Å². The average molecular weight is 202 g/mol. The normalized spacial score (nSPS) is 16.3. The predicted molar refractivity (Wildman–Crippen MR) is 53.8 cm³/mol. The highest BCUT2D eigenvalue weighted by Crippen LogP contribution is 1.95. The van der Waals surface area contributed by atoms with Crippen molar-refractivity contribution >= 4 is 11.7 Å². The van der Waals surface area contributed by atoms with Crippen molar-refractivity contribution in [2.75, 3.05) is 6.54 Å². The van der Waals surface area contributed by atoms with Crippen molar-refractivity contribution in [3.63, 3.8) is 0 Å². The number of amidine groups is 1. The molecule has 0 aromatic carbocycles. The number of amides is 1. The van der Waals surface area contributed by atoms with Gasteiger partial charge in [0.1, 0.15) is 5.84 Å². The third-order valence-electron chi connectivity index (χ3n) is 1.90. The van der Waals surface area contributed by atoms with E-state index in [9.17, 15) is 4.79 Å². The zero-order valence-electron chi connectivity index (χ0n) is 8.53. The zero-order chi connectivity index (χ0) is 11.1. The number of nitrogens with zero attached hydrogens (tertiary/aromatic N) is 1. The van der Waals surface area contributed by atoms with Crippen LogP contribution in [0.1, 0.15) is 20.3 Å². The Morgan fingerprint density at radius 3 is 2.50 bits per heavy atom. The van der Waals surface area contributed by atoms with E-state index in [4.69, 9.17) is 16.7 Å². The largest absolute Gasteiger partial charge is 0.409 e. The molecular weight excluding hydrogens is 184 g/mol. The summed E-state index contributed by atoms with van der Waals surface area (Å²) in [6.07, 6.45) is 0.281. The lowest BCUT2D eigenvalue weighted by molar-refractivity contribution is -0.118. The van der Waals surface area contributed by atoms with Crippen molar-refractivity contribution in [1.82, 2.24) is 5.32 Å². The van der Waals surface area contributed by atoms with Crippen LogP contribution in [0.2, 0.25) is 0 Å². The molecule has 0 fully saturated rings. The molecule has 0 radical (unpaired) electrons. The highest BCUT2D eigenvalue weighted by Gasteiger charge is 2.10. The number of oxime groups is 1. The van der Waals surface area contributed by atoms with Crippen molar-refractivity contribution in [2.24, 2.45) is 22.5 Å². The van der Waals surface area contributed by atoms with Crippen LogP contribution in [0, 0.1) is 5.92 Å². The third kappa shape index (κ3) is 5.36. The summed E-state index contributed by atoms with van der Waals surface area (Å²) in [7, 11) is 0. The van der Waals surface area contributed by atoms with Crippen molar-refractivity contribution in [3.8, 4) is 0 Å². The number of nitrogens with one attached hydrogen (secondary N) is 1. The summed E-state index contributed by atoms with van der Waals surface area (Å²) in [5, 5.41) is 14.3.